The molecule has 1 aliphatic heterocycles. The van der Waals surface area contributed by atoms with Gasteiger partial charge in [0, 0.05) is 12.2 Å². The summed E-state index contributed by atoms with van der Waals surface area (Å²) in [7, 11) is 2.22. The number of thiophene rings is 1. The van der Waals surface area contributed by atoms with Crippen LogP contribution in [0.3, 0.4) is 0 Å². The van der Waals surface area contributed by atoms with Crippen molar-refractivity contribution >= 4 is 33.3 Å². The predicted octanol–water partition coefficient (Wildman–Crippen LogP) is 2.58. The summed E-state index contributed by atoms with van der Waals surface area (Å²) in [5.41, 5.74) is 2.53. The zero-order chi connectivity index (χ0) is 18.1. The second-order valence-electron chi connectivity index (χ2n) is 6.94. The number of nitrogens with zero attached hydrogens (tertiary/aromatic N) is 2. The van der Waals surface area contributed by atoms with Gasteiger partial charge in [-0.3, -0.25) is 9.36 Å². The van der Waals surface area contributed by atoms with Crippen molar-refractivity contribution in [1.82, 2.24) is 9.55 Å². The molecule has 0 saturated carbocycles. The standard InChI is InChI=1S/C20H23N3OS2/c1-3-11-25-20-21-18-17(15-9-10-22(2)13-16(15)26-18)19(24)23(20)12-14-7-5-4-6-8-14/h4-8H,3,9-13H2,1-2H3/p+1. The number of quaternary nitrogens is 1. The molecular formula is C20H24N3OS2+. The maximum absolute atomic E-state index is 13.4. The van der Waals surface area contributed by atoms with E-state index < -0.39 is 0 Å². The van der Waals surface area contributed by atoms with E-state index in [1.54, 1.807) is 23.1 Å². The highest BCUT2D eigenvalue weighted by Gasteiger charge is 2.25. The second kappa shape index (κ2) is 7.55. The lowest BCUT2D eigenvalue weighted by Crippen LogP contribution is -3.08. The molecule has 1 unspecified atom stereocenters. The fourth-order valence-electron chi connectivity index (χ4n) is 3.48. The fraction of sp³-hybridized carbons (Fsp3) is 0.400. The number of rotatable bonds is 5. The molecule has 0 radical (unpaired) electrons. The minimum Gasteiger partial charge on any atom is -0.333 e. The summed E-state index contributed by atoms with van der Waals surface area (Å²) in [5, 5.41) is 1.72. The number of hydrogen-bond donors (Lipinski definition) is 1. The Morgan fingerprint density at radius 2 is 2.12 bits per heavy atom. The number of hydrogen-bond acceptors (Lipinski definition) is 4. The molecular weight excluding hydrogens is 362 g/mol. The SMILES string of the molecule is CCCSc1nc2sc3c(c2c(=O)n1Cc1ccccc1)CC[NH+](C)C3. The maximum atomic E-state index is 13.4. The Morgan fingerprint density at radius 1 is 1.31 bits per heavy atom. The Hall–Kier alpha value is -1.63. The highest BCUT2D eigenvalue weighted by Crippen LogP contribution is 2.31. The lowest BCUT2D eigenvalue weighted by molar-refractivity contribution is -0.895. The van der Waals surface area contributed by atoms with Crippen molar-refractivity contribution in [2.24, 2.45) is 0 Å². The van der Waals surface area contributed by atoms with Crippen LogP contribution in [0.4, 0.5) is 0 Å². The van der Waals surface area contributed by atoms with Crippen LogP contribution in [0.5, 0.6) is 0 Å². The molecule has 0 saturated heterocycles. The van der Waals surface area contributed by atoms with Gasteiger partial charge in [0.15, 0.2) is 5.16 Å². The van der Waals surface area contributed by atoms with E-state index in [1.165, 1.54) is 15.3 Å². The molecule has 0 fully saturated rings. The van der Waals surface area contributed by atoms with E-state index in [-0.39, 0.29) is 5.56 Å². The third-order valence-electron chi connectivity index (χ3n) is 4.84. The molecule has 1 N–H and O–H groups in total. The van der Waals surface area contributed by atoms with E-state index in [9.17, 15) is 4.79 Å². The molecule has 0 amide bonds. The smallest absolute Gasteiger partial charge is 0.263 e. The lowest BCUT2D eigenvalue weighted by atomic mass is 10.1. The van der Waals surface area contributed by atoms with Gasteiger partial charge in [0.05, 0.1) is 30.4 Å². The molecule has 3 aromatic rings. The summed E-state index contributed by atoms with van der Waals surface area (Å²) >= 11 is 3.42. The minimum atomic E-state index is 0.134. The van der Waals surface area contributed by atoms with Crippen molar-refractivity contribution in [3.05, 3.63) is 56.7 Å². The van der Waals surface area contributed by atoms with E-state index >= 15 is 0 Å². The summed E-state index contributed by atoms with van der Waals surface area (Å²) in [4.78, 5) is 22.2. The van der Waals surface area contributed by atoms with Crippen LogP contribution >= 0.6 is 23.1 Å². The number of likely N-dealkylation sites (N-methyl/N-ethyl adjacent to an activating group) is 1. The summed E-state index contributed by atoms with van der Waals surface area (Å²) in [6.45, 7) is 4.84. The van der Waals surface area contributed by atoms with E-state index in [0.29, 0.717) is 6.54 Å². The number of thioether (sulfide) groups is 1. The van der Waals surface area contributed by atoms with Crippen LogP contribution in [0.25, 0.3) is 10.2 Å². The topological polar surface area (TPSA) is 39.3 Å². The maximum Gasteiger partial charge on any atom is 0.263 e. The van der Waals surface area contributed by atoms with E-state index in [0.717, 1.165) is 52.6 Å². The molecule has 4 rings (SSSR count). The fourth-order valence-corrected chi connectivity index (χ4v) is 5.71. The molecule has 0 aliphatic carbocycles. The van der Waals surface area contributed by atoms with E-state index in [4.69, 9.17) is 4.98 Å². The van der Waals surface area contributed by atoms with Gasteiger partial charge in [0.1, 0.15) is 11.4 Å². The Labute approximate surface area is 161 Å². The molecule has 0 bridgehead atoms. The third kappa shape index (κ3) is 3.33. The molecule has 1 atom stereocenters. The first-order valence-corrected chi connectivity index (χ1v) is 11.0. The number of aromatic nitrogens is 2. The van der Waals surface area contributed by atoms with Crippen LogP contribution in [-0.4, -0.2) is 28.9 Å². The quantitative estimate of drug-likeness (QED) is 0.541. The van der Waals surface area contributed by atoms with Crippen molar-refractivity contribution in [3.8, 4) is 0 Å². The molecule has 26 heavy (non-hydrogen) atoms. The molecule has 4 nitrogen and oxygen atoms in total. The second-order valence-corrected chi connectivity index (χ2v) is 9.08. The van der Waals surface area contributed by atoms with Crippen molar-refractivity contribution < 1.29 is 4.90 Å². The molecule has 2 aromatic heterocycles. The highest BCUT2D eigenvalue weighted by molar-refractivity contribution is 7.99. The zero-order valence-corrected chi connectivity index (χ0v) is 16.9. The van der Waals surface area contributed by atoms with Crippen LogP contribution < -0.4 is 10.5 Å². The third-order valence-corrected chi connectivity index (χ3v) is 7.15. The largest absolute Gasteiger partial charge is 0.333 e. The Morgan fingerprint density at radius 3 is 2.88 bits per heavy atom. The normalized spacial score (nSPS) is 16.8. The van der Waals surface area contributed by atoms with Gasteiger partial charge < -0.3 is 4.90 Å². The van der Waals surface area contributed by atoms with Crippen molar-refractivity contribution in [2.45, 2.75) is 38.0 Å². The highest BCUT2D eigenvalue weighted by atomic mass is 32.2. The van der Waals surface area contributed by atoms with Gasteiger partial charge in [0.2, 0.25) is 0 Å². The molecule has 3 heterocycles. The van der Waals surface area contributed by atoms with Crippen LogP contribution in [0.2, 0.25) is 0 Å². The monoisotopic (exact) mass is 386 g/mol. The Kier molecular flexibility index (Phi) is 5.16. The Bertz CT molecular complexity index is 978. The Balaban J connectivity index is 1.87. The van der Waals surface area contributed by atoms with Crippen molar-refractivity contribution in [2.75, 3.05) is 19.3 Å². The van der Waals surface area contributed by atoms with Crippen LogP contribution in [0.15, 0.2) is 40.3 Å². The zero-order valence-electron chi connectivity index (χ0n) is 15.2. The molecule has 1 aromatic carbocycles. The van der Waals surface area contributed by atoms with E-state index in [1.807, 2.05) is 22.8 Å². The summed E-state index contributed by atoms with van der Waals surface area (Å²) in [6, 6.07) is 10.2. The first kappa shape index (κ1) is 17.8. The minimum absolute atomic E-state index is 0.134. The van der Waals surface area contributed by atoms with Crippen LogP contribution in [0.1, 0.15) is 29.3 Å². The van der Waals surface area contributed by atoms with Gasteiger partial charge in [-0.2, -0.15) is 0 Å². The first-order valence-electron chi connectivity index (χ1n) is 9.20. The lowest BCUT2D eigenvalue weighted by Gasteiger charge is -2.19. The average Bonchev–Trinajstić information content (AvgIpc) is 3.00. The summed E-state index contributed by atoms with van der Waals surface area (Å²) in [6.07, 6.45) is 2.05. The van der Waals surface area contributed by atoms with E-state index in [2.05, 4.69) is 26.1 Å². The summed E-state index contributed by atoms with van der Waals surface area (Å²) in [5.74, 6) is 0.977. The van der Waals surface area contributed by atoms with Crippen LogP contribution in [-0.2, 0) is 19.5 Å². The van der Waals surface area contributed by atoms with Crippen molar-refractivity contribution in [1.29, 1.82) is 0 Å². The summed E-state index contributed by atoms with van der Waals surface area (Å²) < 4.78 is 1.89. The van der Waals surface area contributed by atoms with Gasteiger partial charge in [-0.1, -0.05) is 49.0 Å². The molecule has 0 spiro atoms. The number of nitrogens with one attached hydrogen (secondary N) is 1. The molecule has 136 valence electrons. The number of fused-ring (bicyclic) bond motifs is 3. The van der Waals surface area contributed by atoms with Gasteiger partial charge in [-0.25, -0.2) is 4.98 Å². The first-order chi connectivity index (χ1) is 12.7. The van der Waals surface area contributed by atoms with Gasteiger partial charge in [0.25, 0.3) is 5.56 Å². The van der Waals surface area contributed by atoms with Crippen molar-refractivity contribution in [3.63, 3.8) is 0 Å². The molecule has 6 heteroatoms. The van der Waals surface area contributed by atoms with Gasteiger partial charge in [-0.05, 0) is 17.5 Å². The average molecular weight is 387 g/mol. The predicted molar refractivity (Wildman–Crippen MR) is 110 cm³/mol. The van der Waals surface area contributed by atoms with Gasteiger partial charge >= 0.3 is 0 Å². The van der Waals surface area contributed by atoms with Crippen LogP contribution in [0, 0.1) is 0 Å². The molecule has 1 aliphatic rings. The van der Waals surface area contributed by atoms with Gasteiger partial charge in [-0.15, -0.1) is 11.3 Å². The number of benzene rings is 1.